The lowest BCUT2D eigenvalue weighted by atomic mass is 10.2. The fourth-order valence-corrected chi connectivity index (χ4v) is 2.14. The maximum absolute atomic E-state index is 5.41. The lowest BCUT2D eigenvalue weighted by Gasteiger charge is -2.21. The third-order valence-corrected chi connectivity index (χ3v) is 3.38. The van der Waals surface area contributed by atoms with Crippen molar-refractivity contribution in [3.8, 4) is 0 Å². The van der Waals surface area contributed by atoms with E-state index in [9.17, 15) is 0 Å². The highest BCUT2D eigenvalue weighted by atomic mass is 16.3. The van der Waals surface area contributed by atoms with E-state index >= 15 is 0 Å². The summed E-state index contributed by atoms with van der Waals surface area (Å²) in [4.78, 5) is 6.93. The van der Waals surface area contributed by atoms with E-state index in [1.807, 2.05) is 12.1 Å². The van der Waals surface area contributed by atoms with Gasteiger partial charge in [-0.15, -0.1) is 0 Å². The van der Waals surface area contributed by atoms with Gasteiger partial charge in [0.2, 0.25) is 0 Å². The monoisotopic (exact) mass is 273 g/mol. The van der Waals surface area contributed by atoms with Gasteiger partial charge >= 0.3 is 0 Å². The Bertz CT molecular complexity index is 523. The molecule has 4 heteroatoms. The summed E-state index contributed by atoms with van der Waals surface area (Å²) in [5, 5.41) is 3.34. The number of rotatable bonds is 7. The average molecular weight is 273 g/mol. The van der Waals surface area contributed by atoms with Crippen molar-refractivity contribution in [1.29, 1.82) is 0 Å². The van der Waals surface area contributed by atoms with Crippen LogP contribution in [0.15, 0.2) is 34.9 Å². The zero-order valence-electron chi connectivity index (χ0n) is 12.5. The van der Waals surface area contributed by atoms with Gasteiger partial charge in [-0.3, -0.25) is 0 Å². The maximum atomic E-state index is 5.41. The van der Waals surface area contributed by atoms with Crippen molar-refractivity contribution in [2.45, 2.75) is 33.9 Å². The number of aromatic nitrogens is 1. The van der Waals surface area contributed by atoms with Gasteiger partial charge in [-0.2, -0.15) is 0 Å². The molecule has 0 bridgehead atoms. The minimum atomic E-state index is 0.752. The Morgan fingerprint density at radius 2 is 2.10 bits per heavy atom. The van der Waals surface area contributed by atoms with Crippen molar-refractivity contribution >= 4 is 5.82 Å². The normalized spacial score (nSPS) is 10.8. The maximum Gasteiger partial charge on any atom is 0.129 e. The average Bonchev–Trinajstić information content (AvgIpc) is 2.96. The molecule has 2 rings (SSSR count). The van der Waals surface area contributed by atoms with E-state index in [-0.39, 0.29) is 0 Å². The first kappa shape index (κ1) is 14.6. The van der Waals surface area contributed by atoms with E-state index in [4.69, 9.17) is 9.40 Å². The molecule has 108 valence electrons. The SMILES string of the molecule is CCNCc1ccc(N(CC)Cc2ccco2)nc1C. The molecule has 0 fully saturated rings. The van der Waals surface area contributed by atoms with Gasteiger partial charge in [-0.25, -0.2) is 4.98 Å². The van der Waals surface area contributed by atoms with Crippen LogP contribution in [0.25, 0.3) is 0 Å². The van der Waals surface area contributed by atoms with Gasteiger partial charge in [0.1, 0.15) is 11.6 Å². The Balaban J connectivity index is 2.11. The van der Waals surface area contributed by atoms with E-state index in [2.05, 4.69) is 43.1 Å². The van der Waals surface area contributed by atoms with Gasteiger partial charge in [0, 0.05) is 18.8 Å². The quantitative estimate of drug-likeness (QED) is 0.841. The summed E-state index contributed by atoms with van der Waals surface area (Å²) in [6.45, 7) is 9.81. The summed E-state index contributed by atoms with van der Waals surface area (Å²) < 4.78 is 5.41. The molecule has 2 heterocycles. The van der Waals surface area contributed by atoms with Crippen molar-refractivity contribution in [3.05, 3.63) is 47.5 Å². The van der Waals surface area contributed by atoms with Gasteiger partial charge < -0.3 is 14.6 Å². The summed E-state index contributed by atoms with van der Waals surface area (Å²) in [5.74, 6) is 1.96. The molecule has 0 amide bonds. The molecule has 2 aromatic rings. The van der Waals surface area contributed by atoms with Crippen LogP contribution in [0.1, 0.15) is 30.9 Å². The third-order valence-electron chi connectivity index (χ3n) is 3.38. The number of aryl methyl sites for hydroxylation is 1. The largest absolute Gasteiger partial charge is 0.467 e. The van der Waals surface area contributed by atoms with Gasteiger partial charge in [0.05, 0.1) is 12.8 Å². The first-order chi connectivity index (χ1) is 9.74. The van der Waals surface area contributed by atoms with Gasteiger partial charge in [-0.1, -0.05) is 13.0 Å². The van der Waals surface area contributed by atoms with Crippen LogP contribution >= 0.6 is 0 Å². The molecule has 0 radical (unpaired) electrons. The molecule has 0 unspecified atom stereocenters. The van der Waals surface area contributed by atoms with Gasteiger partial charge in [-0.05, 0) is 44.2 Å². The molecular formula is C16H23N3O. The van der Waals surface area contributed by atoms with Crippen molar-refractivity contribution in [2.75, 3.05) is 18.0 Å². The molecule has 1 N–H and O–H groups in total. The van der Waals surface area contributed by atoms with Crippen LogP contribution in [-0.2, 0) is 13.1 Å². The van der Waals surface area contributed by atoms with Crippen molar-refractivity contribution < 1.29 is 4.42 Å². The highest BCUT2D eigenvalue weighted by Gasteiger charge is 2.10. The summed E-state index contributed by atoms with van der Waals surface area (Å²) >= 11 is 0. The molecule has 0 aromatic carbocycles. The second-order valence-corrected chi connectivity index (χ2v) is 4.79. The Hall–Kier alpha value is -1.81. The van der Waals surface area contributed by atoms with Crippen LogP contribution in [0.2, 0.25) is 0 Å². The van der Waals surface area contributed by atoms with Crippen LogP contribution in [-0.4, -0.2) is 18.1 Å². The molecule has 20 heavy (non-hydrogen) atoms. The zero-order chi connectivity index (χ0) is 14.4. The Labute approximate surface area is 120 Å². The predicted molar refractivity (Wildman–Crippen MR) is 81.8 cm³/mol. The highest BCUT2D eigenvalue weighted by Crippen LogP contribution is 2.17. The van der Waals surface area contributed by atoms with E-state index in [1.54, 1.807) is 6.26 Å². The van der Waals surface area contributed by atoms with Gasteiger partial charge in [0.25, 0.3) is 0 Å². The second kappa shape index (κ2) is 7.10. The topological polar surface area (TPSA) is 41.3 Å². The first-order valence-electron chi connectivity index (χ1n) is 7.19. The van der Waals surface area contributed by atoms with Gasteiger partial charge in [0.15, 0.2) is 0 Å². The number of furan rings is 1. The van der Waals surface area contributed by atoms with Crippen LogP contribution in [0.4, 0.5) is 5.82 Å². The Morgan fingerprint density at radius 3 is 2.70 bits per heavy atom. The van der Waals surface area contributed by atoms with Crippen LogP contribution < -0.4 is 10.2 Å². The van der Waals surface area contributed by atoms with Crippen LogP contribution in [0.5, 0.6) is 0 Å². The minimum absolute atomic E-state index is 0.752. The summed E-state index contributed by atoms with van der Waals surface area (Å²) in [7, 11) is 0. The molecule has 0 atom stereocenters. The summed E-state index contributed by atoms with van der Waals surface area (Å²) in [6.07, 6.45) is 1.71. The van der Waals surface area contributed by atoms with E-state index < -0.39 is 0 Å². The smallest absolute Gasteiger partial charge is 0.129 e. The first-order valence-corrected chi connectivity index (χ1v) is 7.19. The lowest BCUT2D eigenvalue weighted by molar-refractivity contribution is 0.503. The molecule has 0 spiro atoms. The van der Waals surface area contributed by atoms with Crippen LogP contribution in [0, 0.1) is 6.92 Å². The molecule has 4 nitrogen and oxygen atoms in total. The molecule has 0 aliphatic rings. The number of nitrogens with zero attached hydrogens (tertiary/aromatic N) is 2. The molecule has 0 saturated heterocycles. The number of hydrogen-bond donors (Lipinski definition) is 1. The zero-order valence-corrected chi connectivity index (χ0v) is 12.5. The summed E-state index contributed by atoms with van der Waals surface area (Å²) in [6, 6.07) is 8.16. The lowest BCUT2D eigenvalue weighted by Crippen LogP contribution is -2.23. The predicted octanol–water partition coefficient (Wildman–Crippen LogP) is 3.12. The Kier molecular flexibility index (Phi) is 5.18. The summed E-state index contributed by atoms with van der Waals surface area (Å²) in [5.41, 5.74) is 2.34. The molecule has 2 aromatic heterocycles. The van der Waals surface area contributed by atoms with E-state index in [0.717, 1.165) is 43.5 Å². The minimum Gasteiger partial charge on any atom is -0.467 e. The number of nitrogens with one attached hydrogen (secondary N) is 1. The second-order valence-electron chi connectivity index (χ2n) is 4.79. The standard InChI is InChI=1S/C16H23N3O/c1-4-17-11-14-8-9-16(18-13(14)3)19(5-2)12-15-7-6-10-20-15/h6-10,17H,4-5,11-12H2,1-3H3. The fraction of sp³-hybridized carbons (Fsp3) is 0.438. The molecule has 0 aliphatic heterocycles. The number of pyridine rings is 1. The van der Waals surface area contributed by atoms with Crippen molar-refractivity contribution in [2.24, 2.45) is 0 Å². The van der Waals surface area contributed by atoms with Crippen molar-refractivity contribution in [3.63, 3.8) is 0 Å². The van der Waals surface area contributed by atoms with Crippen molar-refractivity contribution in [1.82, 2.24) is 10.3 Å². The highest BCUT2D eigenvalue weighted by molar-refractivity contribution is 5.41. The fourth-order valence-electron chi connectivity index (χ4n) is 2.14. The Morgan fingerprint density at radius 1 is 1.25 bits per heavy atom. The third kappa shape index (κ3) is 3.61. The molecule has 0 aliphatic carbocycles. The molecule has 0 saturated carbocycles. The molecular weight excluding hydrogens is 250 g/mol. The van der Waals surface area contributed by atoms with E-state index in [1.165, 1.54) is 5.56 Å². The van der Waals surface area contributed by atoms with E-state index in [0.29, 0.717) is 0 Å². The van der Waals surface area contributed by atoms with Crippen LogP contribution in [0.3, 0.4) is 0 Å². The number of hydrogen-bond acceptors (Lipinski definition) is 4. The number of anilines is 1.